The Balaban J connectivity index is 2.01. The van der Waals surface area contributed by atoms with E-state index in [1.54, 1.807) is 12.3 Å². The predicted molar refractivity (Wildman–Crippen MR) is 105 cm³/mol. The molecule has 0 amide bonds. The molecule has 0 fully saturated rings. The SMILES string of the molecule is Cc1ccc(F)cc1C(C)(CC(C)(O)Cc1ccnc2ccccc12)C(F)(F)F. The average Bonchev–Trinajstić information content (AvgIpc) is 2.62. The molecule has 0 aliphatic carbocycles. The number of hydrogen-bond donors (Lipinski definition) is 1. The van der Waals surface area contributed by atoms with Crippen molar-refractivity contribution in [2.24, 2.45) is 0 Å². The zero-order valence-electron chi connectivity index (χ0n) is 16.5. The fourth-order valence-electron chi connectivity index (χ4n) is 4.08. The topological polar surface area (TPSA) is 33.1 Å². The van der Waals surface area contributed by atoms with Gasteiger partial charge in [-0.3, -0.25) is 4.98 Å². The number of aliphatic hydroxyl groups is 1. The summed E-state index contributed by atoms with van der Waals surface area (Å²) in [5.41, 5.74) is -2.51. The van der Waals surface area contributed by atoms with Gasteiger partial charge < -0.3 is 5.11 Å². The van der Waals surface area contributed by atoms with Crippen molar-refractivity contribution in [3.8, 4) is 0 Å². The number of fused-ring (bicyclic) bond motifs is 1. The molecule has 1 N–H and O–H groups in total. The number of hydrogen-bond acceptors (Lipinski definition) is 2. The Labute approximate surface area is 167 Å². The van der Waals surface area contributed by atoms with Gasteiger partial charge in [-0.15, -0.1) is 0 Å². The summed E-state index contributed by atoms with van der Waals surface area (Å²) >= 11 is 0. The molecule has 0 aliphatic rings. The third kappa shape index (κ3) is 4.27. The number of aromatic nitrogens is 1. The first kappa shape index (κ1) is 21.2. The standard InChI is InChI=1S/C23H23F4NO/c1-15-8-9-17(24)12-19(15)22(3,23(25,26)27)14-21(2,29)13-16-10-11-28-20-7-5-4-6-18(16)20/h4-12,29H,13-14H2,1-3H3. The lowest BCUT2D eigenvalue weighted by Crippen LogP contribution is -2.47. The molecule has 1 heterocycles. The van der Waals surface area contributed by atoms with Gasteiger partial charge in [0.25, 0.3) is 0 Å². The molecule has 2 aromatic carbocycles. The Morgan fingerprint density at radius 1 is 1.00 bits per heavy atom. The molecule has 29 heavy (non-hydrogen) atoms. The van der Waals surface area contributed by atoms with Gasteiger partial charge in [-0.2, -0.15) is 13.2 Å². The van der Waals surface area contributed by atoms with Gasteiger partial charge in [0, 0.05) is 18.0 Å². The maximum atomic E-state index is 14.2. The highest BCUT2D eigenvalue weighted by Crippen LogP contribution is 2.48. The van der Waals surface area contributed by atoms with Crippen LogP contribution in [0.2, 0.25) is 0 Å². The molecule has 0 spiro atoms. The number of aryl methyl sites for hydroxylation is 1. The molecular weight excluding hydrogens is 382 g/mol. The normalized spacial score (nSPS) is 16.4. The van der Waals surface area contributed by atoms with Gasteiger partial charge in [-0.1, -0.05) is 24.3 Å². The van der Waals surface area contributed by atoms with Crippen molar-refractivity contribution in [2.45, 2.75) is 50.8 Å². The van der Waals surface area contributed by atoms with E-state index in [-0.39, 0.29) is 12.0 Å². The molecule has 0 saturated carbocycles. The van der Waals surface area contributed by atoms with Gasteiger partial charge in [0.1, 0.15) is 5.82 Å². The van der Waals surface area contributed by atoms with Gasteiger partial charge in [-0.05, 0) is 68.1 Å². The van der Waals surface area contributed by atoms with Crippen LogP contribution in [-0.4, -0.2) is 21.9 Å². The summed E-state index contributed by atoms with van der Waals surface area (Å²) in [6.07, 6.45) is -3.69. The van der Waals surface area contributed by atoms with Crippen LogP contribution in [-0.2, 0) is 11.8 Å². The molecule has 3 aromatic rings. The summed E-state index contributed by atoms with van der Waals surface area (Å²) in [6, 6.07) is 12.4. The molecular formula is C23H23F4NO. The number of nitrogens with zero attached hydrogens (tertiary/aromatic N) is 1. The van der Waals surface area contributed by atoms with Crippen LogP contribution in [0.15, 0.2) is 54.7 Å². The van der Waals surface area contributed by atoms with E-state index < -0.39 is 29.4 Å². The zero-order valence-corrected chi connectivity index (χ0v) is 16.5. The maximum absolute atomic E-state index is 14.2. The van der Waals surface area contributed by atoms with Crippen LogP contribution >= 0.6 is 0 Å². The lowest BCUT2D eigenvalue weighted by molar-refractivity contribution is -0.200. The van der Waals surface area contributed by atoms with Crippen LogP contribution in [0.1, 0.15) is 37.0 Å². The van der Waals surface area contributed by atoms with Crippen molar-refractivity contribution in [1.82, 2.24) is 4.98 Å². The van der Waals surface area contributed by atoms with Gasteiger partial charge in [0.2, 0.25) is 0 Å². The minimum Gasteiger partial charge on any atom is -0.390 e. The summed E-state index contributed by atoms with van der Waals surface area (Å²) in [5.74, 6) is -0.735. The fraction of sp³-hybridized carbons (Fsp3) is 0.348. The summed E-state index contributed by atoms with van der Waals surface area (Å²) in [5, 5.41) is 11.8. The summed E-state index contributed by atoms with van der Waals surface area (Å²) in [7, 11) is 0. The zero-order chi connectivity index (χ0) is 21.4. The lowest BCUT2D eigenvalue weighted by atomic mass is 9.70. The summed E-state index contributed by atoms with van der Waals surface area (Å²) < 4.78 is 56.3. The van der Waals surface area contributed by atoms with E-state index in [1.165, 1.54) is 19.9 Å². The lowest BCUT2D eigenvalue weighted by Gasteiger charge is -2.39. The van der Waals surface area contributed by atoms with Crippen molar-refractivity contribution in [1.29, 1.82) is 0 Å². The molecule has 1 aromatic heterocycles. The van der Waals surface area contributed by atoms with Crippen molar-refractivity contribution in [3.63, 3.8) is 0 Å². The smallest absolute Gasteiger partial charge is 0.390 e. The van der Waals surface area contributed by atoms with Crippen molar-refractivity contribution in [3.05, 3.63) is 77.2 Å². The van der Waals surface area contributed by atoms with Crippen LogP contribution in [0.4, 0.5) is 17.6 Å². The second-order valence-corrected chi connectivity index (χ2v) is 8.13. The number of alkyl halides is 3. The molecule has 0 saturated heterocycles. The fourth-order valence-corrected chi connectivity index (χ4v) is 4.08. The highest BCUT2D eigenvalue weighted by Gasteiger charge is 2.55. The van der Waals surface area contributed by atoms with E-state index in [9.17, 15) is 22.7 Å². The highest BCUT2D eigenvalue weighted by atomic mass is 19.4. The number of rotatable bonds is 5. The second kappa shape index (κ2) is 7.41. The Morgan fingerprint density at radius 2 is 1.69 bits per heavy atom. The minimum atomic E-state index is -4.67. The Hall–Kier alpha value is -2.47. The molecule has 2 atom stereocenters. The quantitative estimate of drug-likeness (QED) is 0.537. The van der Waals surface area contributed by atoms with Crippen LogP contribution in [0.5, 0.6) is 0 Å². The number of halogens is 4. The van der Waals surface area contributed by atoms with Crippen LogP contribution in [0, 0.1) is 12.7 Å². The maximum Gasteiger partial charge on any atom is 0.398 e. The van der Waals surface area contributed by atoms with E-state index in [2.05, 4.69) is 4.98 Å². The molecule has 0 radical (unpaired) electrons. The van der Waals surface area contributed by atoms with Crippen molar-refractivity contribution < 1.29 is 22.7 Å². The number of benzene rings is 2. The Bertz CT molecular complexity index is 1020. The minimum absolute atomic E-state index is 0.00999. The first-order valence-corrected chi connectivity index (χ1v) is 9.31. The molecule has 0 aliphatic heterocycles. The summed E-state index contributed by atoms with van der Waals surface area (Å²) in [6.45, 7) is 3.93. The van der Waals surface area contributed by atoms with Gasteiger partial charge in [-0.25, -0.2) is 4.39 Å². The first-order valence-electron chi connectivity index (χ1n) is 9.31. The summed E-state index contributed by atoms with van der Waals surface area (Å²) in [4.78, 5) is 4.25. The first-order chi connectivity index (χ1) is 13.4. The second-order valence-electron chi connectivity index (χ2n) is 8.13. The van der Waals surface area contributed by atoms with Gasteiger partial charge in [0.15, 0.2) is 0 Å². The average molecular weight is 405 g/mol. The molecule has 3 rings (SSSR count). The largest absolute Gasteiger partial charge is 0.398 e. The van der Waals surface area contributed by atoms with E-state index in [4.69, 9.17) is 0 Å². The molecule has 2 nitrogen and oxygen atoms in total. The van der Waals surface area contributed by atoms with E-state index in [0.29, 0.717) is 16.6 Å². The monoisotopic (exact) mass is 405 g/mol. The van der Waals surface area contributed by atoms with E-state index in [0.717, 1.165) is 24.4 Å². The van der Waals surface area contributed by atoms with E-state index in [1.807, 2.05) is 24.3 Å². The Morgan fingerprint density at radius 3 is 2.38 bits per heavy atom. The van der Waals surface area contributed by atoms with Gasteiger partial charge in [0.05, 0.1) is 16.5 Å². The van der Waals surface area contributed by atoms with Crippen molar-refractivity contribution in [2.75, 3.05) is 0 Å². The van der Waals surface area contributed by atoms with E-state index >= 15 is 0 Å². The Kier molecular flexibility index (Phi) is 5.43. The molecule has 2 unspecified atom stereocenters. The highest BCUT2D eigenvalue weighted by molar-refractivity contribution is 5.81. The molecule has 154 valence electrons. The number of para-hydroxylation sites is 1. The van der Waals surface area contributed by atoms with Crippen LogP contribution in [0.3, 0.4) is 0 Å². The molecule has 0 bridgehead atoms. The third-order valence-corrected chi connectivity index (χ3v) is 5.46. The number of pyridine rings is 1. The van der Waals surface area contributed by atoms with Gasteiger partial charge >= 0.3 is 6.18 Å². The van der Waals surface area contributed by atoms with Crippen LogP contribution in [0.25, 0.3) is 10.9 Å². The molecule has 6 heteroatoms. The third-order valence-electron chi connectivity index (χ3n) is 5.46. The van der Waals surface area contributed by atoms with Crippen LogP contribution < -0.4 is 0 Å². The predicted octanol–water partition coefficient (Wildman–Crippen LogP) is 5.89. The van der Waals surface area contributed by atoms with Crippen molar-refractivity contribution >= 4 is 10.9 Å².